The summed E-state index contributed by atoms with van der Waals surface area (Å²) >= 11 is 0. The van der Waals surface area contributed by atoms with Gasteiger partial charge in [0, 0.05) is 28.4 Å². The van der Waals surface area contributed by atoms with Gasteiger partial charge in [0.2, 0.25) is 5.91 Å². The molecule has 0 aliphatic carbocycles. The van der Waals surface area contributed by atoms with Crippen molar-refractivity contribution in [1.82, 2.24) is 9.88 Å². The lowest BCUT2D eigenvalue weighted by Crippen LogP contribution is -2.54. The lowest BCUT2D eigenvalue weighted by atomic mass is 10.0. The van der Waals surface area contributed by atoms with E-state index in [1.54, 1.807) is 22.9 Å². The molecule has 5 amide bonds. The Hall–Kier alpha value is -4.98. The molecule has 38 heavy (non-hydrogen) atoms. The average Bonchev–Trinajstić information content (AvgIpc) is 3.20. The van der Waals surface area contributed by atoms with Gasteiger partial charge in [-0.25, -0.2) is 9.69 Å². The molecule has 2 heterocycles. The molecule has 1 aliphatic rings. The Bertz CT molecular complexity index is 1660. The third kappa shape index (κ3) is 4.71. The number of amides is 5. The monoisotopic (exact) mass is 506 g/mol. The highest BCUT2D eigenvalue weighted by Crippen LogP contribution is 2.27. The van der Waals surface area contributed by atoms with E-state index in [9.17, 15) is 19.2 Å². The number of carbonyl (C=O) groups excluding carboxylic acids is 4. The summed E-state index contributed by atoms with van der Waals surface area (Å²) in [4.78, 5) is 52.6. The van der Waals surface area contributed by atoms with Crippen molar-refractivity contribution in [2.45, 2.75) is 27.3 Å². The number of aromatic nitrogens is 1. The van der Waals surface area contributed by atoms with Crippen molar-refractivity contribution in [3.63, 3.8) is 0 Å². The molecule has 0 unspecified atom stereocenters. The number of benzene rings is 3. The molecule has 1 aromatic heterocycles. The molecule has 0 spiro atoms. The zero-order chi connectivity index (χ0) is 27.0. The molecular weight excluding hydrogens is 480 g/mol. The summed E-state index contributed by atoms with van der Waals surface area (Å²) in [6.07, 6.45) is 3.19. The standard InChI is InChI=1S/C30H26N4O4/c1-18-7-6-8-22(13-18)31-27(35)17-33-16-21(24-9-4-5-10-26(24)33)15-25-28(36)32-30(38)34(29(25)37)23-12-11-19(2)20(3)14-23/h4-16H,17H2,1-3H3,(H,31,35)(H,32,36,38)/b25-15+. The molecule has 3 aromatic carbocycles. The van der Waals surface area contributed by atoms with E-state index in [-0.39, 0.29) is 18.0 Å². The number of hydrogen-bond acceptors (Lipinski definition) is 4. The average molecular weight is 507 g/mol. The summed E-state index contributed by atoms with van der Waals surface area (Å²) in [6, 6.07) is 19.4. The van der Waals surface area contributed by atoms with Crippen LogP contribution in [0.1, 0.15) is 22.3 Å². The molecule has 0 saturated carbocycles. The normalized spacial score (nSPS) is 14.8. The van der Waals surface area contributed by atoms with E-state index in [4.69, 9.17) is 0 Å². The Balaban J connectivity index is 1.49. The number of imide groups is 2. The number of urea groups is 1. The molecule has 0 bridgehead atoms. The fourth-order valence-electron chi connectivity index (χ4n) is 4.51. The van der Waals surface area contributed by atoms with Crippen LogP contribution in [0.15, 0.2) is 78.5 Å². The second kappa shape index (κ2) is 9.82. The number of hydrogen-bond donors (Lipinski definition) is 2. The number of nitrogens with zero attached hydrogens (tertiary/aromatic N) is 2. The van der Waals surface area contributed by atoms with Crippen molar-refractivity contribution < 1.29 is 19.2 Å². The van der Waals surface area contributed by atoms with E-state index in [2.05, 4.69) is 10.6 Å². The summed E-state index contributed by atoms with van der Waals surface area (Å²) in [7, 11) is 0. The highest BCUT2D eigenvalue weighted by Gasteiger charge is 2.37. The fraction of sp³-hybridized carbons (Fsp3) is 0.133. The molecule has 1 saturated heterocycles. The summed E-state index contributed by atoms with van der Waals surface area (Å²) in [5.74, 6) is -1.70. The maximum absolute atomic E-state index is 13.4. The predicted molar refractivity (Wildman–Crippen MR) is 147 cm³/mol. The number of para-hydroxylation sites is 1. The Kier molecular flexibility index (Phi) is 6.38. The van der Waals surface area contributed by atoms with Gasteiger partial charge in [-0.15, -0.1) is 0 Å². The van der Waals surface area contributed by atoms with Gasteiger partial charge in [0.25, 0.3) is 11.8 Å². The third-order valence-corrected chi connectivity index (χ3v) is 6.59. The van der Waals surface area contributed by atoms with Gasteiger partial charge < -0.3 is 9.88 Å². The number of rotatable bonds is 5. The molecule has 0 radical (unpaired) electrons. The lowest BCUT2D eigenvalue weighted by molar-refractivity contribution is -0.122. The number of carbonyl (C=O) groups is 4. The fourth-order valence-corrected chi connectivity index (χ4v) is 4.51. The van der Waals surface area contributed by atoms with Crippen molar-refractivity contribution in [2.75, 3.05) is 10.2 Å². The quantitative estimate of drug-likeness (QED) is 0.298. The molecular formula is C30H26N4O4. The first-order valence-electron chi connectivity index (χ1n) is 12.1. The van der Waals surface area contributed by atoms with Gasteiger partial charge in [0.15, 0.2) is 0 Å². The minimum Gasteiger partial charge on any atom is -0.337 e. The van der Waals surface area contributed by atoms with E-state index < -0.39 is 17.8 Å². The van der Waals surface area contributed by atoms with Gasteiger partial charge >= 0.3 is 6.03 Å². The van der Waals surface area contributed by atoms with Gasteiger partial charge in [0.05, 0.1) is 5.69 Å². The number of aryl methyl sites for hydroxylation is 3. The van der Waals surface area contributed by atoms with Crippen LogP contribution in [0.5, 0.6) is 0 Å². The Morgan fingerprint density at radius 2 is 1.71 bits per heavy atom. The second-order valence-electron chi connectivity index (χ2n) is 9.37. The minimum absolute atomic E-state index is 0.0328. The smallest absolute Gasteiger partial charge is 0.335 e. The number of fused-ring (bicyclic) bond motifs is 1. The van der Waals surface area contributed by atoms with Gasteiger partial charge in [-0.3, -0.25) is 19.7 Å². The van der Waals surface area contributed by atoms with Crippen molar-refractivity contribution in [2.24, 2.45) is 0 Å². The van der Waals surface area contributed by atoms with Crippen molar-refractivity contribution >= 4 is 52.1 Å². The van der Waals surface area contributed by atoms with Crippen LogP contribution in [-0.2, 0) is 20.9 Å². The van der Waals surface area contributed by atoms with Crippen molar-refractivity contribution in [1.29, 1.82) is 0 Å². The first kappa shape index (κ1) is 24.7. The van der Waals surface area contributed by atoms with Crippen LogP contribution in [0, 0.1) is 20.8 Å². The molecule has 0 atom stereocenters. The maximum Gasteiger partial charge on any atom is 0.335 e. The van der Waals surface area contributed by atoms with Crippen LogP contribution in [0.4, 0.5) is 16.2 Å². The van der Waals surface area contributed by atoms with Gasteiger partial charge in [-0.05, 0) is 73.9 Å². The highest BCUT2D eigenvalue weighted by molar-refractivity contribution is 6.39. The highest BCUT2D eigenvalue weighted by atomic mass is 16.2. The topological polar surface area (TPSA) is 101 Å². The summed E-state index contributed by atoms with van der Waals surface area (Å²) in [5, 5.41) is 5.93. The molecule has 8 nitrogen and oxygen atoms in total. The molecule has 1 fully saturated rings. The Labute approximate surface area is 219 Å². The molecule has 190 valence electrons. The zero-order valence-electron chi connectivity index (χ0n) is 21.2. The zero-order valence-corrected chi connectivity index (χ0v) is 21.2. The van der Waals surface area contributed by atoms with E-state index in [1.807, 2.05) is 75.4 Å². The van der Waals surface area contributed by atoms with Crippen LogP contribution >= 0.6 is 0 Å². The Morgan fingerprint density at radius 1 is 0.921 bits per heavy atom. The number of nitrogens with one attached hydrogen (secondary N) is 2. The summed E-state index contributed by atoms with van der Waals surface area (Å²) in [5.41, 5.74) is 5.23. The van der Waals surface area contributed by atoms with E-state index in [1.165, 1.54) is 6.08 Å². The van der Waals surface area contributed by atoms with E-state index in [0.717, 1.165) is 32.5 Å². The summed E-state index contributed by atoms with van der Waals surface area (Å²) in [6.45, 7) is 5.80. The molecule has 2 N–H and O–H groups in total. The second-order valence-corrected chi connectivity index (χ2v) is 9.37. The van der Waals surface area contributed by atoms with Gasteiger partial charge in [-0.2, -0.15) is 0 Å². The maximum atomic E-state index is 13.4. The molecule has 1 aliphatic heterocycles. The van der Waals surface area contributed by atoms with Crippen molar-refractivity contribution in [3.05, 3.63) is 101 Å². The van der Waals surface area contributed by atoms with Crippen LogP contribution in [0.25, 0.3) is 17.0 Å². The largest absolute Gasteiger partial charge is 0.337 e. The molecule has 8 heteroatoms. The minimum atomic E-state index is -0.796. The lowest BCUT2D eigenvalue weighted by Gasteiger charge is -2.26. The van der Waals surface area contributed by atoms with Gasteiger partial charge in [-0.1, -0.05) is 36.4 Å². The summed E-state index contributed by atoms with van der Waals surface area (Å²) < 4.78 is 1.77. The van der Waals surface area contributed by atoms with Crippen molar-refractivity contribution in [3.8, 4) is 0 Å². The Morgan fingerprint density at radius 3 is 2.47 bits per heavy atom. The van der Waals surface area contributed by atoms with Crippen LogP contribution in [0.2, 0.25) is 0 Å². The number of barbiturate groups is 1. The number of anilines is 2. The molecule has 4 aromatic rings. The molecule has 5 rings (SSSR count). The third-order valence-electron chi connectivity index (χ3n) is 6.59. The van der Waals surface area contributed by atoms with Crippen LogP contribution in [0.3, 0.4) is 0 Å². The predicted octanol–water partition coefficient (Wildman–Crippen LogP) is 4.87. The first-order valence-corrected chi connectivity index (χ1v) is 12.1. The van der Waals surface area contributed by atoms with E-state index in [0.29, 0.717) is 16.9 Å². The van der Waals surface area contributed by atoms with Gasteiger partial charge in [0.1, 0.15) is 12.1 Å². The van der Waals surface area contributed by atoms with E-state index >= 15 is 0 Å². The SMILES string of the molecule is Cc1cccc(NC(=O)Cn2cc(/C=C3\C(=O)NC(=O)N(c4ccc(C)c(C)c4)C3=O)c3ccccc32)c1. The first-order chi connectivity index (χ1) is 18.2. The van der Waals surface area contributed by atoms with Crippen LogP contribution in [-0.4, -0.2) is 28.3 Å². The van der Waals surface area contributed by atoms with Crippen LogP contribution < -0.4 is 15.5 Å².